The molecule has 30 heavy (non-hydrogen) atoms. The number of amides is 3. The summed E-state index contributed by atoms with van der Waals surface area (Å²) >= 11 is 0. The summed E-state index contributed by atoms with van der Waals surface area (Å²) in [4.78, 5) is 31.9. The van der Waals surface area contributed by atoms with E-state index in [1.807, 2.05) is 0 Å². The van der Waals surface area contributed by atoms with Crippen LogP contribution in [0.15, 0.2) is 30.1 Å². The third kappa shape index (κ3) is 3.38. The van der Waals surface area contributed by atoms with Gasteiger partial charge in [-0.3, -0.25) is 10.1 Å². The first-order valence-electron chi connectivity index (χ1n) is 9.05. The summed E-state index contributed by atoms with van der Waals surface area (Å²) in [6.07, 6.45) is 4.85. The van der Waals surface area contributed by atoms with Crippen molar-refractivity contribution in [2.24, 2.45) is 0 Å². The fourth-order valence-electron chi connectivity index (χ4n) is 2.91. The van der Waals surface area contributed by atoms with Crippen LogP contribution in [0.3, 0.4) is 0 Å². The summed E-state index contributed by atoms with van der Waals surface area (Å²) in [6.45, 7) is 0. The average Bonchev–Trinajstić information content (AvgIpc) is 3.33. The van der Waals surface area contributed by atoms with E-state index in [2.05, 4.69) is 36.3 Å². The van der Waals surface area contributed by atoms with Gasteiger partial charge < -0.3 is 16.0 Å². The second-order valence-corrected chi connectivity index (χ2v) is 6.84. The molecule has 1 saturated carbocycles. The van der Waals surface area contributed by atoms with Crippen LogP contribution in [0.2, 0.25) is 0 Å². The lowest BCUT2D eigenvalue weighted by molar-refractivity contribution is -0.115. The van der Waals surface area contributed by atoms with E-state index in [-0.39, 0.29) is 23.4 Å². The molecular formula is C18H14F2N8O2. The molecule has 1 saturated heterocycles. The minimum absolute atomic E-state index is 0.0000223. The predicted molar refractivity (Wildman–Crippen MR) is 102 cm³/mol. The Morgan fingerprint density at radius 3 is 2.70 bits per heavy atom. The first kappa shape index (κ1) is 18.0. The number of hydrogen-bond donors (Lipinski definition) is 4. The second kappa shape index (κ2) is 6.76. The molecule has 3 aromatic rings. The van der Waals surface area contributed by atoms with Gasteiger partial charge in [-0.1, -0.05) is 0 Å². The molecule has 152 valence electrons. The third-order valence-corrected chi connectivity index (χ3v) is 4.50. The SMILES string of the molecule is O=C1NC(=O)/C(=C/c2cnn3c(NC4CC4)nc(Nc4ccc(F)cc4F)nc23)N1. The molecule has 10 nitrogen and oxygen atoms in total. The van der Waals surface area contributed by atoms with E-state index in [4.69, 9.17) is 0 Å². The van der Waals surface area contributed by atoms with Crippen molar-refractivity contribution in [3.63, 3.8) is 0 Å². The molecule has 1 aromatic carbocycles. The number of nitrogens with zero attached hydrogens (tertiary/aromatic N) is 4. The van der Waals surface area contributed by atoms with Crippen LogP contribution in [0.5, 0.6) is 0 Å². The lowest BCUT2D eigenvalue weighted by atomic mass is 10.2. The summed E-state index contributed by atoms with van der Waals surface area (Å²) in [6, 6.07) is 2.72. The van der Waals surface area contributed by atoms with Crippen molar-refractivity contribution >= 4 is 41.2 Å². The van der Waals surface area contributed by atoms with E-state index in [0.29, 0.717) is 17.2 Å². The van der Waals surface area contributed by atoms with E-state index in [1.165, 1.54) is 22.9 Å². The summed E-state index contributed by atoms with van der Waals surface area (Å²) in [5.41, 5.74) is 0.801. The van der Waals surface area contributed by atoms with Gasteiger partial charge in [0.15, 0.2) is 5.65 Å². The maximum absolute atomic E-state index is 14.1. The zero-order valence-electron chi connectivity index (χ0n) is 15.2. The van der Waals surface area contributed by atoms with Crippen molar-refractivity contribution in [1.82, 2.24) is 30.2 Å². The van der Waals surface area contributed by atoms with Gasteiger partial charge >= 0.3 is 6.03 Å². The zero-order chi connectivity index (χ0) is 20.8. The normalized spacial score (nSPS) is 17.3. The summed E-state index contributed by atoms with van der Waals surface area (Å²) in [5, 5.41) is 14.7. The molecule has 0 unspecified atom stereocenters. The lowest BCUT2D eigenvalue weighted by Crippen LogP contribution is -2.22. The molecule has 3 amide bonds. The van der Waals surface area contributed by atoms with Gasteiger partial charge in [-0.15, -0.1) is 0 Å². The van der Waals surface area contributed by atoms with Crippen molar-refractivity contribution in [3.8, 4) is 0 Å². The molecule has 2 aromatic heterocycles. The van der Waals surface area contributed by atoms with Gasteiger partial charge in [0.25, 0.3) is 5.91 Å². The fourth-order valence-corrected chi connectivity index (χ4v) is 2.91. The first-order valence-corrected chi connectivity index (χ1v) is 9.05. The van der Waals surface area contributed by atoms with Crippen LogP contribution in [0.1, 0.15) is 18.4 Å². The number of halogens is 2. The van der Waals surface area contributed by atoms with E-state index >= 15 is 0 Å². The maximum Gasteiger partial charge on any atom is 0.326 e. The molecule has 1 aliphatic carbocycles. The quantitative estimate of drug-likeness (QED) is 0.373. The highest BCUT2D eigenvalue weighted by Crippen LogP contribution is 2.27. The average molecular weight is 412 g/mol. The zero-order valence-corrected chi connectivity index (χ0v) is 15.2. The smallest absolute Gasteiger partial charge is 0.326 e. The Balaban J connectivity index is 1.58. The van der Waals surface area contributed by atoms with Crippen LogP contribution < -0.4 is 21.3 Å². The highest BCUT2D eigenvalue weighted by atomic mass is 19.1. The Kier molecular flexibility index (Phi) is 4.05. The van der Waals surface area contributed by atoms with Crippen molar-refractivity contribution in [2.75, 3.05) is 10.6 Å². The van der Waals surface area contributed by atoms with Crippen molar-refractivity contribution in [1.29, 1.82) is 0 Å². The number of aromatic nitrogens is 4. The summed E-state index contributed by atoms with van der Waals surface area (Å²) in [5.74, 6) is -1.65. The van der Waals surface area contributed by atoms with E-state index in [0.717, 1.165) is 25.0 Å². The van der Waals surface area contributed by atoms with Crippen LogP contribution in [-0.4, -0.2) is 37.6 Å². The van der Waals surface area contributed by atoms with Crippen LogP contribution in [0, 0.1) is 11.6 Å². The van der Waals surface area contributed by atoms with Gasteiger partial charge in [0.2, 0.25) is 11.9 Å². The number of urea groups is 1. The van der Waals surface area contributed by atoms with Crippen molar-refractivity contribution < 1.29 is 18.4 Å². The monoisotopic (exact) mass is 412 g/mol. The Morgan fingerprint density at radius 2 is 2.00 bits per heavy atom. The number of carbonyl (C=O) groups is 2. The van der Waals surface area contributed by atoms with Crippen molar-refractivity contribution in [3.05, 3.63) is 47.3 Å². The third-order valence-electron chi connectivity index (χ3n) is 4.50. The van der Waals surface area contributed by atoms with Gasteiger partial charge in [0.05, 0.1) is 11.9 Å². The van der Waals surface area contributed by atoms with E-state index in [1.54, 1.807) is 0 Å². The van der Waals surface area contributed by atoms with Crippen LogP contribution in [0.4, 0.5) is 31.2 Å². The number of nitrogens with one attached hydrogen (secondary N) is 4. The van der Waals surface area contributed by atoms with Crippen molar-refractivity contribution in [2.45, 2.75) is 18.9 Å². The Labute approximate surface area is 167 Å². The molecule has 0 radical (unpaired) electrons. The van der Waals surface area contributed by atoms with Gasteiger partial charge in [-0.05, 0) is 31.1 Å². The number of hydrogen-bond acceptors (Lipinski definition) is 7. The van der Waals surface area contributed by atoms with E-state index < -0.39 is 23.6 Å². The molecule has 1 aliphatic heterocycles. The number of rotatable bonds is 5. The maximum atomic E-state index is 14.1. The standard InChI is InChI=1S/C18H14F2N8O2/c19-9-1-4-12(11(20)6-9)23-16-25-14-8(5-13-15(29)26-18(30)24-13)7-21-28(14)17(27-16)22-10-2-3-10/h1,4-7,10H,2-3H2,(H2,22,23,25,27)(H2,24,26,29,30)/b13-5-. The van der Waals surface area contributed by atoms with Gasteiger partial charge in [0, 0.05) is 17.7 Å². The Morgan fingerprint density at radius 1 is 1.17 bits per heavy atom. The molecule has 5 rings (SSSR count). The van der Waals surface area contributed by atoms with Gasteiger partial charge in [-0.25, -0.2) is 13.6 Å². The first-order chi connectivity index (χ1) is 14.5. The number of benzene rings is 1. The number of carbonyl (C=O) groups excluding carboxylic acids is 2. The number of anilines is 3. The van der Waals surface area contributed by atoms with Crippen LogP contribution in [-0.2, 0) is 4.79 Å². The minimum atomic E-state index is -0.795. The molecule has 2 fully saturated rings. The highest BCUT2D eigenvalue weighted by Gasteiger charge is 2.26. The summed E-state index contributed by atoms with van der Waals surface area (Å²) < 4.78 is 28.7. The highest BCUT2D eigenvalue weighted by molar-refractivity contribution is 6.14. The molecular weight excluding hydrogens is 398 g/mol. The molecule has 0 atom stereocenters. The van der Waals surface area contributed by atoms with Crippen LogP contribution >= 0.6 is 0 Å². The minimum Gasteiger partial charge on any atom is -0.351 e. The lowest BCUT2D eigenvalue weighted by Gasteiger charge is -2.10. The molecule has 3 heterocycles. The second-order valence-electron chi connectivity index (χ2n) is 6.84. The predicted octanol–water partition coefficient (Wildman–Crippen LogP) is 1.90. The van der Waals surface area contributed by atoms with Gasteiger partial charge in [0.1, 0.15) is 17.3 Å². The molecule has 2 aliphatic rings. The Bertz CT molecular complexity index is 1230. The molecule has 4 N–H and O–H groups in total. The molecule has 0 bridgehead atoms. The molecule has 0 spiro atoms. The number of imide groups is 1. The van der Waals surface area contributed by atoms with Gasteiger partial charge in [-0.2, -0.15) is 19.6 Å². The fraction of sp³-hybridized carbons (Fsp3) is 0.167. The largest absolute Gasteiger partial charge is 0.351 e. The molecule has 12 heteroatoms. The van der Waals surface area contributed by atoms with E-state index in [9.17, 15) is 18.4 Å². The number of fused-ring (bicyclic) bond motifs is 1. The topological polar surface area (TPSA) is 125 Å². The summed E-state index contributed by atoms with van der Waals surface area (Å²) in [7, 11) is 0. The van der Waals surface area contributed by atoms with Crippen LogP contribution in [0.25, 0.3) is 11.7 Å². The Hall–Kier alpha value is -4.09.